The van der Waals surface area contributed by atoms with Crippen molar-refractivity contribution in [3.05, 3.63) is 18.3 Å². The number of benzene rings is 1. The Morgan fingerprint density at radius 2 is 1.75 bits per heavy atom. The minimum atomic E-state index is -5.29. The number of H-pyrrole nitrogens is 1. The molecule has 1 aromatic heterocycles. The number of aromatic amines is 1. The summed E-state index contributed by atoms with van der Waals surface area (Å²) in [6.45, 7) is 2.56. The van der Waals surface area contributed by atoms with E-state index < -0.39 is 43.6 Å². The zero-order valence-electron chi connectivity index (χ0n) is 14.6. The molecule has 12 nitrogen and oxygen atoms in total. The molecule has 1 aliphatic heterocycles. The van der Waals surface area contributed by atoms with Gasteiger partial charge in [-0.15, -0.1) is 0 Å². The number of phosphoric ester groups is 1. The third-order valence-corrected chi connectivity index (χ3v) is 7.47. The molecule has 1 unspecified atom stereocenters. The maximum atomic E-state index is 12.6. The van der Waals surface area contributed by atoms with Gasteiger partial charge in [0.1, 0.15) is 0 Å². The zero-order chi connectivity index (χ0) is 21.0. The molecule has 1 atom stereocenters. The molecule has 4 N–H and O–H groups in total. The molecule has 0 spiro atoms. The molecule has 0 saturated heterocycles. The van der Waals surface area contributed by atoms with E-state index in [1.54, 1.807) is 19.9 Å². The van der Waals surface area contributed by atoms with Crippen LogP contribution in [-0.2, 0) is 27.8 Å². The van der Waals surface area contributed by atoms with E-state index in [1.807, 2.05) is 0 Å². The minimum absolute atomic E-state index is 0.106. The summed E-state index contributed by atoms with van der Waals surface area (Å²) in [6, 6.07) is 3.09. The number of sulfone groups is 1. The average Bonchev–Trinajstić information content (AvgIpc) is 2.99. The molecule has 15 heteroatoms. The second-order valence-electron chi connectivity index (χ2n) is 6.29. The largest absolute Gasteiger partial charge is 0.481 e. The number of ether oxygens (including phenoxy) is 2. The van der Waals surface area contributed by atoms with E-state index in [0.29, 0.717) is 22.4 Å². The van der Waals surface area contributed by atoms with Gasteiger partial charge in [0.15, 0.2) is 21.3 Å². The second-order valence-corrected chi connectivity index (χ2v) is 11.2. The summed E-state index contributed by atoms with van der Waals surface area (Å²) < 4.78 is 66.2. The number of fused-ring (bicyclic) bond motifs is 2. The molecule has 1 aromatic carbocycles. The van der Waals surface area contributed by atoms with Crippen molar-refractivity contribution in [1.29, 1.82) is 0 Å². The van der Waals surface area contributed by atoms with Gasteiger partial charge in [-0.05, 0) is 6.07 Å². The lowest BCUT2D eigenvalue weighted by molar-refractivity contribution is -0.0431. The maximum Gasteiger partial charge on any atom is 0.481 e. The van der Waals surface area contributed by atoms with Gasteiger partial charge in [-0.3, -0.25) is 4.52 Å². The molecular weight excluding hydrogens is 440 g/mol. The molecule has 0 saturated carbocycles. The fourth-order valence-corrected chi connectivity index (χ4v) is 5.58. The summed E-state index contributed by atoms with van der Waals surface area (Å²) in [4.78, 5) is 28.9. The van der Waals surface area contributed by atoms with Crippen LogP contribution in [0.5, 0.6) is 11.5 Å². The van der Waals surface area contributed by atoms with Gasteiger partial charge in [-0.2, -0.15) is 4.31 Å². The van der Waals surface area contributed by atoms with Gasteiger partial charge in [-0.25, -0.2) is 17.5 Å². The van der Waals surface area contributed by atoms with Gasteiger partial charge in [0, 0.05) is 31.5 Å². The van der Waals surface area contributed by atoms with Crippen LogP contribution in [0.25, 0.3) is 10.9 Å². The third-order valence-electron chi connectivity index (χ3n) is 3.57. The van der Waals surface area contributed by atoms with Gasteiger partial charge in [0.05, 0.1) is 22.8 Å². The molecule has 0 aliphatic carbocycles. The van der Waals surface area contributed by atoms with Gasteiger partial charge in [0.25, 0.3) is 0 Å². The van der Waals surface area contributed by atoms with Crippen LogP contribution in [0.1, 0.15) is 13.8 Å². The molecule has 0 fully saturated rings. The van der Waals surface area contributed by atoms with E-state index in [1.165, 1.54) is 12.3 Å². The van der Waals surface area contributed by atoms with Crippen LogP contribution >= 0.6 is 15.6 Å². The average molecular weight is 457 g/mol. The van der Waals surface area contributed by atoms with Crippen LogP contribution in [0.4, 0.5) is 0 Å². The monoisotopic (exact) mass is 457 g/mol. The number of aromatic nitrogens is 1. The SMILES string of the molecule is CC1(C)Oc2cc3[nH]cc(S(=O)(=O)CCOP(=O)(O)OP(=O)(O)O)c3cc2O1. The van der Waals surface area contributed by atoms with Gasteiger partial charge in [-0.1, -0.05) is 0 Å². The summed E-state index contributed by atoms with van der Waals surface area (Å²) in [5, 5.41) is 0.318. The summed E-state index contributed by atoms with van der Waals surface area (Å²) >= 11 is 0. The third kappa shape index (κ3) is 4.76. The molecule has 28 heavy (non-hydrogen) atoms. The van der Waals surface area contributed by atoms with Crippen molar-refractivity contribution >= 4 is 36.4 Å². The lowest BCUT2D eigenvalue weighted by Gasteiger charge is -2.16. The van der Waals surface area contributed by atoms with Gasteiger partial charge in [0.2, 0.25) is 5.79 Å². The van der Waals surface area contributed by atoms with Gasteiger partial charge >= 0.3 is 15.6 Å². The summed E-state index contributed by atoms with van der Waals surface area (Å²) in [6.07, 6.45) is 1.24. The topological polar surface area (TPSA) is 182 Å². The maximum absolute atomic E-state index is 12.6. The Hall–Kier alpha value is -1.43. The van der Waals surface area contributed by atoms with Gasteiger partial charge < -0.3 is 29.1 Å². The number of rotatable bonds is 7. The summed E-state index contributed by atoms with van der Waals surface area (Å²) in [7, 11) is -14.4. The number of hydrogen-bond acceptors (Lipinski definition) is 8. The van der Waals surface area contributed by atoms with Crippen molar-refractivity contribution in [1.82, 2.24) is 4.98 Å². The zero-order valence-corrected chi connectivity index (χ0v) is 17.2. The van der Waals surface area contributed by atoms with Crippen molar-refractivity contribution in [3.63, 3.8) is 0 Å². The summed E-state index contributed by atoms with van der Waals surface area (Å²) in [5.74, 6) is -0.827. The van der Waals surface area contributed by atoms with Crippen molar-refractivity contribution in [2.24, 2.45) is 0 Å². The Morgan fingerprint density at radius 1 is 1.14 bits per heavy atom. The number of phosphoric acid groups is 2. The first-order valence-electron chi connectivity index (χ1n) is 7.68. The standard InChI is InChI=1S/C13H17NO11P2S/c1-13(2)23-10-5-8-9(6-11(10)24-13)14-7-12(8)28(20,21)4-3-22-27(18,19)25-26(15,16)17/h5-7,14H,3-4H2,1-2H3,(H,18,19)(H2,15,16,17). The molecule has 1 aliphatic rings. The molecular formula is C13H17NO11P2S. The second kappa shape index (κ2) is 6.82. The van der Waals surface area contributed by atoms with E-state index in [-0.39, 0.29) is 4.90 Å². The van der Waals surface area contributed by atoms with Crippen LogP contribution in [0.2, 0.25) is 0 Å². The van der Waals surface area contributed by atoms with E-state index >= 15 is 0 Å². The van der Waals surface area contributed by atoms with Crippen molar-refractivity contribution in [3.8, 4) is 11.5 Å². The first-order chi connectivity index (χ1) is 12.7. The van der Waals surface area contributed by atoms with Crippen LogP contribution in [-0.4, -0.2) is 46.2 Å². The highest BCUT2D eigenvalue weighted by atomic mass is 32.2. The van der Waals surface area contributed by atoms with Crippen molar-refractivity contribution in [2.75, 3.05) is 12.4 Å². The quantitative estimate of drug-likeness (QED) is 0.444. The lowest BCUT2D eigenvalue weighted by atomic mass is 10.2. The van der Waals surface area contributed by atoms with E-state index in [9.17, 15) is 22.4 Å². The Bertz CT molecular complexity index is 1120. The Labute approximate surface area is 159 Å². The number of hydrogen-bond donors (Lipinski definition) is 4. The molecule has 156 valence electrons. The first-order valence-corrected chi connectivity index (χ1v) is 12.4. The minimum Gasteiger partial charge on any atom is -0.449 e. The van der Waals surface area contributed by atoms with E-state index in [0.717, 1.165) is 0 Å². The molecule has 0 amide bonds. The molecule has 0 bridgehead atoms. The van der Waals surface area contributed by atoms with E-state index in [2.05, 4.69) is 13.8 Å². The highest BCUT2D eigenvalue weighted by Gasteiger charge is 2.34. The van der Waals surface area contributed by atoms with Crippen LogP contribution in [0.15, 0.2) is 23.2 Å². The highest BCUT2D eigenvalue weighted by Crippen LogP contribution is 2.57. The molecule has 3 rings (SSSR count). The van der Waals surface area contributed by atoms with Crippen LogP contribution in [0, 0.1) is 0 Å². The fraction of sp³-hybridized carbons (Fsp3) is 0.385. The van der Waals surface area contributed by atoms with Crippen LogP contribution in [0.3, 0.4) is 0 Å². The van der Waals surface area contributed by atoms with Crippen molar-refractivity contribution < 1.29 is 50.5 Å². The predicted octanol–water partition coefficient (Wildman–Crippen LogP) is 1.68. The predicted molar refractivity (Wildman–Crippen MR) is 94.6 cm³/mol. The molecule has 0 radical (unpaired) electrons. The Kier molecular flexibility index (Phi) is 5.19. The molecule has 2 heterocycles. The Balaban J connectivity index is 1.79. The highest BCUT2D eigenvalue weighted by molar-refractivity contribution is 7.91. The fourth-order valence-electron chi connectivity index (χ4n) is 2.60. The Morgan fingerprint density at radius 3 is 2.36 bits per heavy atom. The van der Waals surface area contributed by atoms with Crippen molar-refractivity contribution in [2.45, 2.75) is 24.5 Å². The van der Waals surface area contributed by atoms with E-state index in [4.69, 9.17) is 19.3 Å². The molecule has 2 aromatic rings. The smallest absolute Gasteiger partial charge is 0.449 e. The normalized spacial score (nSPS) is 18.3. The summed E-state index contributed by atoms with van der Waals surface area (Å²) in [5.41, 5.74) is 0.470. The first kappa shape index (κ1) is 21.3. The lowest BCUT2D eigenvalue weighted by Crippen LogP contribution is -2.29. The number of nitrogens with one attached hydrogen (secondary N) is 1. The van der Waals surface area contributed by atoms with Crippen LogP contribution < -0.4 is 9.47 Å².